The van der Waals surface area contributed by atoms with Gasteiger partial charge >= 0.3 is 0 Å². The van der Waals surface area contributed by atoms with Crippen LogP contribution in [0.5, 0.6) is 0 Å². The number of fused-ring (bicyclic) bond motifs is 5. The second kappa shape index (κ2) is 14.7. The highest BCUT2D eigenvalue weighted by Crippen LogP contribution is 2.68. The summed E-state index contributed by atoms with van der Waals surface area (Å²) in [5.41, 5.74) is 0.0982. The molecule has 0 bridgehead atoms. The highest BCUT2D eigenvalue weighted by molar-refractivity contribution is 7.85. The molecule has 0 aromatic heterocycles. The van der Waals surface area contributed by atoms with Crippen LogP contribution in [0.2, 0.25) is 0 Å². The van der Waals surface area contributed by atoms with Crippen LogP contribution in [0.1, 0.15) is 91.9 Å². The second-order valence-corrected chi connectivity index (χ2v) is 17.7. The predicted molar refractivity (Wildman–Crippen MR) is 175 cm³/mol. The molecule has 0 unspecified atom stereocenters. The Morgan fingerprint density at radius 1 is 1.00 bits per heavy atom. The summed E-state index contributed by atoms with van der Waals surface area (Å²) in [6, 6.07) is -0.983. The van der Waals surface area contributed by atoms with E-state index in [-0.39, 0.29) is 41.2 Å². The number of nitrogens with one attached hydrogen (secondary N) is 2. The lowest BCUT2D eigenvalue weighted by Crippen LogP contribution is -2.65. The summed E-state index contributed by atoms with van der Waals surface area (Å²) in [5.74, 6) is 0.828. The van der Waals surface area contributed by atoms with E-state index < -0.39 is 65.1 Å². The van der Waals surface area contributed by atoms with Gasteiger partial charge in [0.2, 0.25) is 11.8 Å². The van der Waals surface area contributed by atoms with Gasteiger partial charge in [-0.3, -0.25) is 14.1 Å². The Morgan fingerprint density at radius 3 is 2.35 bits per heavy atom. The Hall–Kier alpha value is -1.39. The van der Waals surface area contributed by atoms with E-state index in [0.717, 1.165) is 38.5 Å². The first kappa shape index (κ1) is 37.9. The fourth-order valence-corrected chi connectivity index (χ4v) is 11.4. The first-order chi connectivity index (χ1) is 22.5. The van der Waals surface area contributed by atoms with Crippen molar-refractivity contribution >= 4 is 21.9 Å². The molecule has 4 saturated carbocycles. The molecule has 5 aliphatic rings. The number of carbonyl (C=O) groups is 2. The number of aliphatic hydroxyl groups excluding tert-OH is 4. The molecule has 7 N–H and O–H groups in total. The molecule has 0 radical (unpaired) electrons. The fraction of sp³-hybridized carbons (Fsp3) is 0.941. The van der Waals surface area contributed by atoms with E-state index in [4.69, 9.17) is 14.0 Å². The summed E-state index contributed by atoms with van der Waals surface area (Å²) in [5, 5.41) is 47.9. The van der Waals surface area contributed by atoms with Crippen LogP contribution in [0.3, 0.4) is 0 Å². The zero-order chi connectivity index (χ0) is 35.2. The Bertz CT molecular complexity index is 1270. The van der Waals surface area contributed by atoms with Gasteiger partial charge in [-0.2, -0.15) is 8.42 Å². The highest BCUT2D eigenvalue weighted by Gasteiger charge is 2.63. The molecule has 1 heterocycles. The van der Waals surface area contributed by atoms with Crippen molar-refractivity contribution in [3.63, 3.8) is 0 Å². The summed E-state index contributed by atoms with van der Waals surface area (Å²) in [7, 11) is -4.12. The minimum atomic E-state index is -4.12. The van der Waals surface area contributed by atoms with Crippen molar-refractivity contribution in [3.8, 4) is 0 Å². The first-order valence-corrected chi connectivity index (χ1v) is 19.5. The lowest BCUT2D eigenvalue weighted by Gasteiger charge is -2.62. The quantitative estimate of drug-likeness (QED) is 0.121. The van der Waals surface area contributed by atoms with Crippen LogP contribution < -0.4 is 10.6 Å². The van der Waals surface area contributed by atoms with Gasteiger partial charge in [-0.1, -0.05) is 20.8 Å². The van der Waals surface area contributed by atoms with Crippen LogP contribution >= 0.6 is 0 Å². The smallest absolute Gasteiger partial charge is 0.266 e. The second-order valence-electron chi connectivity index (χ2n) is 16.1. The van der Waals surface area contributed by atoms with Gasteiger partial charge in [-0.15, -0.1) is 0 Å². The molecule has 13 nitrogen and oxygen atoms in total. The van der Waals surface area contributed by atoms with Gasteiger partial charge in [-0.05, 0) is 104 Å². The summed E-state index contributed by atoms with van der Waals surface area (Å²) in [6.07, 6.45) is 2.82. The number of carbonyl (C=O) groups excluding carboxylic acids is 2. The van der Waals surface area contributed by atoms with Gasteiger partial charge in [-0.25, -0.2) is 0 Å². The Morgan fingerprint density at radius 2 is 1.69 bits per heavy atom. The Balaban J connectivity index is 1.21. The van der Waals surface area contributed by atoms with E-state index >= 15 is 0 Å². The van der Waals surface area contributed by atoms with Crippen molar-refractivity contribution < 1.29 is 52.5 Å². The highest BCUT2D eigenvalue weighted by atomic mass is 32.2. The normalized spacial score (nSPS) is 44.9. The molecule has 276 valence electrons. The van der Waals surface area contributed by atoms with Gasteiger partial charge in [0.1, 0.15) is 24.4 Å². The standard InChI is InChI=1S/C34H58N2O11S/c1-18(5-8-27(40)35-13-14-48(43,44)45)22-6-7-23-28-24(10-12-34(22,23)4)33(3)11-9-21(15-20(33)16-25(28)39)46-32-29(36-19(2)38)31(42)30(41)26(17-37)47-32/h18,20-26,28-32,37,39,41-42H,5-17H2,1-4H3,(H,35,40)(H,36,38)(H,43,44,45)/t18-,20+,21-,22-,23+,24+,25+,26-,28+,29-,30-,31-,32-,33+,34-/m1/s1. The molecule has 15 atom stereocenters. The largest absolute Gasteiger partial charge is 0.394 e. The van der Waals surface area contributed by atoms with Gasteiger partial charge in [0, 0.05) is 19.9 Å². The minimum Gasteiger partial charge on any atom is -0.394 e. The molecule has 0 aromatic carbocycles. The third kappa shape index (κ3) is 7.61. The van der Waals surface area contributed by atoms with Crippen LogP contribution in [-0.4, -0.2) is 107 Å². The summed E-state index contributed by atoms with van der Waals surface area (Å²) in [4.78, 5) is 24.3. The summed E-state index contributed by atoms with van der Waals surface area (Å²) < 4.78 is 43.1. The van der Waals surface area contributed by atoms with Crippen molar-refractivity contribution in [1.82, 2.24) is 10.6 Å². The zero-order valence-electron chi connectivity index (χ0n) is 28.8. The van der Waals surface area contributed by atoms with E-state index in [1.165, 1.54) is 6.92 Å². The van der Waals surface area contributed by atoms with Crippen LogP contribution in [0.4, 0.5) is 0 Å². The molecule has 4 aliphatic carbocycles. The Labute approximate surface area is 284 Å². The molecule has 0 spiro atoms. The van der Waals surface area contributed by atoms with E-state index in [2.05, 4.69) is 31.4 Å². The zero-order valence-corrected chi connectivity index (χ0v) is 29.6. The van der Waals surface area contributed by atoms with Crippen molar-refractivity contribution in [2.75, 3.05) is 18.9 Å². The number of aliphatic hydroxyl groups is 4. The molecule has 1 aliphatic heterocycles. The lowest BCUT2D eigenvalue weighted by molar-refractivity contribution is -0.290. The molecule has 1 saturated heterocycles. The van der Waals surface area contributed by atoms with E-state index in [9.17, 15) is 38.4 Å². The maximum Gasteiger partial charge on any atom is 0.266 e. The molecular formula is C34H58N2O11S. The van der Waals surface area contributed by atoms with Crippen molar-refractivity contribution in [2.45, 2.75) is 135 Å². The van der Waals surface area contributed by atoms with Crippen LogP contribution in [0.25, 0.3) is 0 Å². The maximum absolute atomic E-state index is 12.4. The van der Waals surface area contributed by atoms with E-state index in [1.54, 1.807) is 0 Å². The summed E-state index contributed by atoms with van der Waals surface area (Å²) >= 11 is 0. The number of hydrogen-bond donors (Lipinski definition) is 7. The molecular weight excluding hydrogens is 644 g/mol. The minimum absolute atomic E-state index is 0.0305. The first-order valence-electron chi connectivity index (χ1n) is 17.9. The maximum atomic E-state index is 12.4. The van der Waals surface area contributed by atoms with Crippen molar-refractivity contribution in [3.05, 3.63) is 0 Å². The molecule has 5 rings (SSSR count). The van der Waals surface area contributed by atoms with Gasteiger partial charge in [0.25, 0.3) is 10.1 Å². The van der Waals surface area contributed by atoms with Crippen LogP contribution in [0.15, 0.2) is 0 Å². The monoisotopic (exact) mass is 702 g/mol. The van der Waals surface area contributed by atoms with E-state index in [1.807, 2.05) is 0 Å². The van der Waals surface area contributed by atoms with Gasteiger partial charge in [0.15, 0.2) is 6.29 Å². The number of rotatable bonds is 11. The molecule has 48 heavy (non-hydrogen) atoms. The topological polar surface area (TPSA) is 212 Å². The van der Waals surface area contributed by atoms with Crippen molar-refractivity contribution in [2.24, 2.45) is 46.3 Å². The fourth-order valence-electron chi connectivity index (χ4n) is 11.0. The predicted octanol–water partition coefficient (Wildman–Crippen LogP) is 1.37. The molecule has 14 heteroatoms. The number of hydrogen-bond acceptors (Lipinski definition) is 10. The van der Waals surface area contributed by atoms with Gasteiger partial charge < -0.3 is 40.5 Å². The summed E-state index contributed by atoms with van der Waals surface area (Å²) in [6.45, 7) is 7.70. The number of amides is 2. The average molecular weight is 703 g/mol. The lowest BCUT2D eigenvalue weighted by atomic mass is 9.43. The number of ether oxygens (including phenoxy) is 2. The van der Waals surface area contributed by atoms with Crippen molar-refractivity contribution in [1.29, 1.82) is 0 Å². The van der Waals surface area contributed by atoms with Gasteiger partial charge in [0.05, 0.1) is 24.6 Å². The molecule has 2 amide bonds. The SMILES string of the molecule is CC(=O)N[C@H]1[C@H](O[C@@H]2CC[C@@]3(C)[C@@H](C2)C[C@H](O)[C@@H]2[C@@H]3CC[C@]3(C)[C@@H]([C@H](C)CCC(=O)NCCS(=O)(=O)O)CC[C@@H]23)O[C@H](CO)[C@@H](O)[C@@H]1O. The third-order valence-corrected chi connectivity index (χ3v) is 14.2. The van der Waals surface area contributed by atoms with Crippen LogP contribution in [0, 0.1) is 46.3 Å². The Kier molecular flexibility index (Phi) is 11.6. The molecule has 0 aromatic rings. The molecule has 5 fully saturated rings. The average Bonchev–Trinajstić information content (AvgIpc) is 3.36. The third-order valence-electron chi connectivity index (χ3n) is 13.5. The van der Waals surface area contributed by atoms with E-state index in [0.29, 0.717) is 49.4 Å². The van der Waals surface area contributed by atoms with Crippen LogP contribution in [-0.2, 0) is 29.2 Å².